The molecule has 1 aromatic carbocycles. The lowest BCUT2D eigenvalue weighted by molar-refractivity contribution is -0.124. The molecule has 6 heteroatoms. The summed E-state index contributed by atoms with van der Waals surface area (Å²) in [4.78, 5) is 22.5. The molecule has 0 bridgehead atoms. The Morgan fingerprint density at radius 3 is 3.14 bits per heavy atom. The van der Waals surface area contributed by atoms with Gasteiger partial charge in [-0.2, -0.15) is 0 Å². The number of nitrogens with zero attached hydrogens (tertiary/aromatic N) is 3. The average Bonchev–Trinajstić information content (AvgIpc) is 2.53. The van der Waals surface area contributed by atoms with Crippen LogP contribution >= 0.6 is 0 Å². The van der Waals surface area contributed by atoms with Gasteiger partial charge in [0, 0.05) is 12.6 Å². The Morgan fingerprint density at radius 2 is 2.27 bits per heavy atom. The predicted octanol–water partition coefficient (Wildman–Crippen LogP) is 1.22. The summed E-state index contributed by atoms with van der Waals surface area (Å²) in [6.07, 6.45) is 3.58. The molecule has 0 aliphatic carbocycles. The Kier molecular flexibility index (Phi) is 4.48. The third-order valence-corrected chi connectivity index (χ3v) is 3.84. The van der Waals surface area contributed by atoms with Crippen molar-refractivity contribution in [3.8, 4) is 5.88 Å². The van der Waals surface area contributed by atoms with Crippen molar-refractivity contribution in [1.82, 2.24) is 20.2 Å². The van der Waals surface area contributed by atoms with Crippen LogP contribution in [0.5, 0.6) is 5.88 Å². The molecule has 116 valence electrons. The SMILES string of the molecule is CN1CCC[C@@H](NC(=O)COc2ncnc3ccccc23)C1. The Balaban J connectivity index is 1.58. The van der Waals surface area contributed by atoms with Crippen molar-refractivity contribution in [2.75, 3.05) is 26.7 Å². The first-order valence-corrected chi connectivity index (χ1v) is 7.53. The molecule has 0 unspecified atom stereocenters. The Morgan fingerprint density at radius 1 is 1.41 bits per heavy atom. The Bertz CT molecular complexity index is 656. The number of amides is 1. The van der Waals surface area contributed by atoms with Gasteiger partial charge < -0.3 is 15.0 Å². The van der Waals surface area contributed by atoms with E-state index in [-0.39, 0.29) is 18.6 Å². The van der Waals surface area contributed by atoms with Gasteiger partial charge in [0.05, 0.1) is 10.9 Å². The number of carbonyl (C=O) groups excluding carboxylic acids is 1. The van der Waals surface area contributed by atoms with E-state index in [1.807, 2.05) is 24.3 Å². The quantitative estimate of drug-likeness (QED) is 0.919. The fourth-order valence-electron chi connectivity index (χ4n) is 2.78. The molecule has 1 aromatic heterocycles. The lowest BCUT2D eigenvalue weighted by Gasteiger charge is -2.30. The second-order valence-electron chi connectivity index (χ2n) is 5.65. The molecule has 3 rings (SSSR count). The molecule has 1 fully saturated rings. The summed E-state index contributed by atoms with van der Waals surface area (Å²) in [6.45, 7) is 1.96. The zero-order valence-corrected chi connectivity index (χ0v) is 12.7. The van der Waals surface area contributed by atoms with Crippen LogP contribution in [0.3, 0.4) is 0 Å². The number of rotatable bonds is 4. The minimum atomic E-state index is -0.108. The highest BCUT2D eigenvalue weighted by Gasteiger charge is 2.19. The summed E-state index contributed by atoms with van der Waals surface area (Å²) in [5.41, 5.74) is 0.807. The molecule has 2 heterocycles. The lowest BCUT2D eigenvalue weighted by atomic mass is 10.1. The lowest BCUT2D eigenvalue weighted by Crippen LogP contribution is -2.47. The minimum Gasteiger partial charge on any atom is -0.467 e. The van der Waals surface area contributed by atoms with Crippen LogP contribution in [0.4, 0.5) is 0 Å². The number of piperidine rings is 1. The topological polar surface area (TPSA) is 67.4 Å². The van der Waals surface area contributed by atoms with Gasteiger partial charge in [-0.3, -0.25) is 4.79 Å². The average molecular weight is 300 g/mol. The van der Waals surface area contributed by atoms with E-state index in [1.165, 1.54) is 6.33 Å². The van der Waals surface area contributed by atoms with Gasteiger partial charge in [0.1, 0.15) is 6.33 Å². The summed E-state index contributed by atoms with van der Waals surface area (Å²) in [6, 6.07) is 7.79. The smallest absolute Gasteiger partial charge is 0.258 e. The van der Waals surface area contributed by atoms with Gasteiger partial charge in [0.15, 0.2) is 6.61 Å². The van der Waals surface area contributed by atoms with Crippen LogP contribution in [0.15, 0.2) is 30.6 Å². The first-order chi connectivity index (χ1) is 10.7. The van der Waals surface area contributed by atoms with Crippen LogP contribution < -0.4 is 10.1 Å². The molecule has 22 heavy (non-hydrogen) atoms. The zero-order chi connectivity index (χ0) is 15.4. The number of aromatic nitrogens is 2. The summed E-state index contributed by atoms with van der Waals surface area (Å²) in [7, 11) is 2.07. The zero-order valence-electron chi connectivity index (χ0n) is 12.7. The summed E-state index contributed by atoms with van der Waals surface area (Å²) < 4.78 is 5.57. The molecule has 1 atom stereocenters. The second-order valence-corrected chi connectivity index (χ2v) is 5.65. The van der Waals surface area contributed by atoms with E-state index in [4.69, 9.17) is 4.74 Å². The number of benzene rings is 1. The molecular weight excluding hydrogens is 280 g/mol. The molecule has 0 radical (unpaired) electrons. The van der Waals surface area contributed by atoms with E-state index in [1.54, 1.807) is 0 Å². The number of para-hydroxylation sites is 1. The van der Waals surface area contributed by atoms with Gasteiger partial charge in [-0.1, -0.05) is 12.1 Å². The van der Waals surface area contributed by atoms with Crippen LogP contribution in [0.1, 0.15) is 12.8 Å². The minimum absolute atomic E-state index is 0.0266. The normalized spacial score (nSPS) is 19.0. The van der Waals surface area contributed by atoms with E-state index in [9.17, 15) is 4.79 Å². The number of likely N-dealkylation sites (tertiary alicyclic amines) is 1. The monoisotopic (exact) mass is 300 g/mol. The van der Waals surface area contributed by atoms with Gasteiger partial charge in [-0.15, -0.1) is 0 Å². The summed E-state index contributed by atoms with van der Waals surface area (Å²) in [5.74, 6) is 0.338. The largest absolute Gasteiger partial charge is 0.467 e. The maximum Gasteiger partial charge on any atom is 0.258 e. The van der Waals surface area contributed by atoms with Crippen molar-refractivity contribution in [3.63, 3.8) is 0 Å². The first kappa shape index (κ1) is 14.7. The fraction of sp³-hybridized carbons (Fsp3) is 0.438. The highest BCUT2D eigenvalue weighted by atomic mass is 16.5. The molecule has 1 N–H and O–H groups in total. The standard InChI is InChI=1S/C16H20N4O2/c1-20-8-4-5-12(9-20)19-15(21)10-22-16-13-6-2-3-7-14(13)17-11-18-16/h2-3,6-7,11-12H,4-5,8-10H2,1H3,(H,19,21)/t12-/m1/s1. The van der Waals surface area contributed by atoms with Gasteiger partial charge in [0.25, 0.3) is 5.91 Å². The number of hydrogen-bond acceptors (Lipinski definition) is 5. The second kappa shape index (κ2) is 6.70. The van der Waals surface area contributed by atoms with Crippen molar-refractivity contribution in [2.24, 2.45) is 0 Å². The number of carbonyl (C=O) groups is 1. The Labute approximate surface area is 129 Å². The van der Waals surface area contributed by atoms with Gasteiger partial charge in [-0.25, -0.2) is 9.97 Å². The summed E-state index contributed by atoms with van der Waals surface area (Å²) in [5, 5.41) is 3.83. The molecule has 0 spiro atoms. The number of hydrogen-bond donors (Lipinski definition) is 1. The maximum atomic E-state index is 12.0. The Hall–Kier alpha value is -2.21. The van der Waals surface area contributed by atoms with Crippen LogP contribution in [0, 0.1) is 0 Å². The predicted molar refractivity (Wildman–Crippen MR) is 83.7 cm³/mol. The number of nitrogens with one attached hydrogen (secondary N) is 1. The number of fused-ring (bicyclic) bond motifs is 1. The third kappa shape index (κ3) is 3.51. The van der Waals surface area contributed by atoms with Crippen molar-refractivity contribution >= 4 is 16.8 Å². The van der Waals surface area contributed by atoms with Crippen molar-refractivity contribution in [2.45, 2.75) is 18.9 Å². The number of ether oxygens (including phenoxy) is 1. The molecule has 1 aliphatic rings. The first-order valence-electron chi connectivity index (χ1n) is 7.53. The van der Waals surface area contributed by atoms with Crippen molar-refractivity contribution < 1.29 is 9.53 Å². The molecule has 2 aromatic rings. The van der Waals surface area contributed by atoms with Crippen molar-refractivity contribution in [1.29, 1.82) is 0 Å². The van der Waals surface area contributed by atoms with Crippen LogP contribution in [-0.4, -0.2) is 53.6 Å². The third-order valence-electron chi connectivity index (χ3n) is 3.84. The maximum absolute atomic E-state index is 12.0. The fourth-order valence-corrected chi connectivity index (χ4v) is 2.78. The van der Waals surface area contributed by atoms with Crippen molar-refractivity contribution in [3.05, 3.63) is 30.6 Å². The van der Waals surface area contributed by atoms with Gasteiger partial charge in [-0.05, 0) is 38.6 Å². The van der Waals surface area contributed by atoms with Crippen LogP contribution in [0.2, 0.25) is 0 Å². The number of likely N-dealkylation sites (N-methyl/N-ethyl adjacent to an activating group) is 1. The van der Waals surface area contributed by atoms with Gasteiger partial charge >= 0.3 is 0 Å². The summed E-state index contributed by atoms with van der Waals surface area (Å²) >= 11 is 0. The molecule has 1 aliphatic heterocycles. The van der Waals surface area contributed by atoms with Gasteiger partial charge in [0.2, 0.25) is 5.88 Å². The molecule has 6 nitrogen and oxygen atoms in total. The molecule has 1 saturated heterocycles. The van der Waals surface area contributed by atoms with E-state index >= 15 is 0 Å². The van der Waals surface area contributed by atoms with E-state index in [0.29, 0.717) is 5.88 Å². The molecule has 1 amide bonds. The van der Waals surface area contributed by atoms with E-state index in [0.717, 1.165) is 36.8 Å². The van der Waals surface area contributed by atoms with E-state index in [2.05, 4.69) is 27.2 Å². The van der Waals surface area contributed by atoms with Crippen LogP contribution in [-0.2, 0) is 4.79 Å². The molecule has 0 saturated carbocycles. The highest BCUT2D eigenvalue weighted by molar-refractivity contribution is 5.84. The molecular formula is C16H20N4O2. The van der Waals surface area contributed by atoms with E-state index < -0.39 is 0 Å². The van der Waals surface area contributed by atoms with Crippen LogP contribution in [0.25, 0.3) is 10.9 Å². The highest BCUT2D eigenvalue weighted by Crippen LogP contribution is 2.20.